The lowest BCUT2D eigenvalue weighted by molar-refractivity contribution is 0.257. The molecule has 128 valence electrons. The van der Waals surface area contributed by atoms with E-state index in [1.807, 2.05) is 38.1 Å². The average Bonchev–Trinajstić information content (AvgIpc) is 2.49. The van der Waals surface area contributed by atoms with E-state index in [-0.39, 0.29) is 6.03 Å². The normalized spacial score (nSPS) is 11.0. The molecule has 0 saturated heterocycles. The summed E-state index contributed by atoms with van der Waals surface area (Å²) in [5.74, 6) is 0. The molecule has 2 aromatic carbocycles. The van der Waals surface area contributed by atoms with Gasteiger partial charge in [0.05, 0.1) is 6.26 Å². The predicted molar refractivity (Wildman–Crippen MR) is 98.1 cm³/mol. The molecule has 2 amide bonds. The molecular weight excluding hydrogens is 326 g/mol. The molecule has 2 aromatic rings. The lowest BCUT2D eigenvalue weighted by atomic mass is 10.2. The fourth-order valence-corrected chi connectivity index (χ4v) is 2.83. The van der Waals surface area contributed by atoms with Crippen LogP contribution in [0.5, 0.6) is 0 Å². The summed E-state index contributed by atoms with van der Waals surface area (Å²) < 4.78 is 24.8. The van der Waals surface area contributed by atoms with Crippen LogP contribution in [0.4, 0.5) is 21.9 Å². The highest BCUT2D eigenvalue weighted by Gasteiger charge is 2.14. The molecule has 0 fully saturated rings. The number of carbonyl (C=O) groups excluding carboxylic acids is 1. The quantitative estimate of drug-likeness (QED) is 0.870. The molecule has 0 aliphatic rings. The Balaban J connectivity index is 2.10. The summed E-state index contributed by atoms with van der Waals surface area (Å²) in [6.45, 7) is 4.41. The second-order valence-electron chi connectivity index (χ2n) is 5.46. The summed E-state index contributed by atoms with van der Waals surface area (Å²) >= 11 is 0. The molecule has 2 N–H and O–H groups in total. The minimum absolute atomic E-state index is 0.244. The number of benzene rings is 2. The van der Waals surface area contributed by atoms with E-state index in [9.17, 15) is 13.2 Å². The standard InChI is InChI=1S/C17H21N3O3S/c1-4-20(16-7-5-6-13(2)12-16)17(21)18-14-8-10-15(11-9-14)19-24(3,22)23/h5-12,19H,4H2,1-3H3,(H,18,21). The summed E-state index contributed by atoms with van der Waals surface area (Å²) in [5.41, 5.74) is 2.94. The third-order valence-corrected chi connectivity index (χ3v) is 3.92. The molecule has 6 nitrogen and oxygen atoms in total. The van der Waals surface area contributed by atoms with Gasteiger partial charge in [-0.05, 0) is 55.8 Å². The fourth-order valence-electron chi connectivity index (χ4n) is 2.27. The number of urea groups is 1. The van der Waals surface area contributed by atoms with Gasteiger partial charge < -0.3 is 5.32 Å². The predicted octanol–water partition coefficient (Wildman–Crippen LogP) is 3.42. The number of anilines is 3. The van der Waals surface area contributed by atoms with Gasteiger partial charge in [-0.25, -0.2) is 13.2 Å². The lowest BCUT2D eigenvalue weighted by Crippen LogP contribution is -2.34. The fraction of sp³-hybridized carbons (Fsp3) is 0.235. The van der Waals surface area contributed by atoms with Gasteiger partial charge in [0.1, 0.15) is 0 Å². The van der Waals surface area contributed by atoms with Crippen LogP contribution in [0.25, 0.3) is 0 Å². The van der Waals surface area contributed by atoms with Crippen LogP contribution in [0.3, 0.4) is 0 Å². The highest BCUT2D eigenvalue weighted by molar-refractivity contribution is 7.92. The summed E-state index contributed by atoms with van der Waals surface area (Å²) in [4.78, 5) is 14.1. The van der Waals surface area contributed by atoms with Crippen molar-refractivity contribution in [3.05, 3.63) is 54.1 Å². The van der Waals surface area contributed by atoms with Gasteiger partial charge >= 0.3 is 6.03 Å². The minimum atomic E-state index is -3.32. The number of hydrogen-bond donors (Lipinski definition) is 2. The second-order valence-corrected chi connectivity index (χ2v) is 7.21. The largest absolute Gasteiger partial charge is 0.326 e. The zero-order valence-electron chi connectivity index (χ0n) is 13.9. The van der Waals surface area contributed by atoms with Crippen LogP contribution >= 0.6 is 0 Å². The van der Waals surface area contributed by atoms with Gasteiger partial charge in [-0.2, -0.15) is 0 Å². The molecule has 0 saturated carbocycles. The summed E-state index contributed by atoms with van der Waals surface area (Å²) in [6, 6.07) is 14.0. The number of amides is 2. The number of nitrogens with one attached hydrogen (secondary N) is 2. The smallest absolute Gasteiger partial charge is 0.308 e. The molecular formula is C17H21N3O3S. The molecule has 0 aliphatic heterocycles. The molecule has 0 bridgehead atoms. The van der Waals surface area contributed by atoms with Crippen molar-refractivity contribution in [2.45, 2.75) is 13.8 Å². The number of nitrogens with zero attached hydrogens (tertiary/aromatic N) is 1. The Labute approximate surface area is 142 Å². The molecule has 0 unspecified atom stereocenters. The Hall–Kier alpha value is -2.54. The highest BCUT2D eigenvalue weighted by atomic mass is 32.2. The number of aryl methyl sites for hydroxylation is 1. The maximum Gasteiger partial charge on any atom is 0.326 e. The maximum absolute atomic E-state index is 12.5. The van der Waals surface area contributed by atoms with Gasteiger partial charge in [0.25, 0.3) is 0 Å². The minimum Gasteiger partial charge on any atom is -0.308 e. The molecule has 7 heteroatoms. The van der Waals surface area contributed by atoms with Crippen LogP contribution < -0.4 is 14.9 Å². The van der Waals surface area contributed by atoms with E-state index in [1.54, 1.807) is 29.2 Å². The van der Waals surface area contributed by atoms with E-state index in [0.29, 0.717) is 17.9 Å². The van der Waals surface area contributed by atoms with Gasteiger partial charge in [-0.15, -0.1) is 0 Å². The highest BCUT2D eigenvalue weighted by Crippen LogP contribution is 2.19. The number of rotatable bonds is 5. The topological polar surface area (TPSA) is 78.5 Å². The first-order valence-corrected chi connectivity index (χ1v) is 9.40. The van der Waals surface area contributed by atoms with Crippen LogP contribution in [0.15, 0.2) is 48.5 Å². The van der Waals surface area contributed by atoms with Gasteiger partial charge in [0, 0.05) is 23.6 Å². The van der Waals surface area contributed by atoms with E-state index in [0.717, 1.165) is 17.5 Å². The van der Waals surface area contributed by atoms with Crippen LogP contribution in [0.1, 0.15) is 12.5 Å². The van der Waals surface area contributed by atoms with Gasteiger partial charge in [0.2, 0.25) is 10.0 Å². The first-order chi connectivity index (χ1) is 11.3. The number of sulfonamides is 1. The molecule has 2 rings (SSSR count). The first-order valence-electron chi connectivity index (χ1n) is 7.51. The Morgan fingerprint density at radius 1 is 1.08 bits per heavy atom. The number of carbonyl (C=O) groups is 1. The lowest BCUT2D eigenvalue weighted by Gasteiger charge is -2.22. The van der Waals surface area contributed by atoms with Crippen LogP contribution in [-0.2, 0) is 10.0 Å². The summed E-state index contributed by atoms with van der Waals surface area (Å²) in [6.07, 6.45) is 1.09. The molecule has 0 atom stereocenters. The van der Waals surface area contributed by atoms with Crippen LogP contribution in [0, 0.1) is 6.92 Å². The Kier molecular flexibility index (Phi) is 5.46. The molecule has 0 heterocycles. The third-order valence-electron chi connectivity index (χ3n) is 3.31. The zero-order chi connectivity index (χ0) is 17.7. The van der Waals surface area contributed by atoms with Crippen molar-refractivity contribution in [2.24, 2.45) is 0 Å². The third kappa shape index (κ3) is 4.99. The molecule has 0 aromatic heterocycles. The first kappa shape index (κ1) is 17.8. The molecule has 0 spiro atoms. The molecule has 0 radical (unpaired) electrons. The van der Waals surface area contributed by atoms with Gasteiger partial charge in [-0.1, -0.05) is 12.1 Å². The van der Waals surface area contributed by atoms with Crippen molar-refractivity contribution in [1.82, 2.24) is 0 Å². The monoisotopic (exact) mass is 347 g/mol. The molecule has 0 aliphatic carbocycles. The van der Waals surface area contributed by atoms with Crippen molar-refractivity contribution >= 4 is 33.1 Å². The molecule has 24 heavy (non-hydrogen) atoms. The summed E-state index contributed by atoms with van der Waals surface area (Å²) in [5, 5.41) is 2.81. The zero-order valence-corrected chi connectivity index (χ0v) is 14.7. The van der Waals surface area contributed by atoms with Crippen molar-refractivity contribution < 1.29 is 13.2 Å². The second kappa shape index (κ2) is 7.35. The van der Waals surface area contributed by atoms with Gasteiger partial charge in [-0.3, -0.25) is 9.62 Å². The van der Waals surface area contributed by atoms with E-state index < -0.39 is 10.0 Å². The van der Waals surface area contributed by atoms with Gasteiger partial charge in [0.15, 0.2) is 0 Å². The Morgan fingerprint density at radius 3 is 2.25 bits per heavy atom. The van der Waals surface area contributed by atoms with E-state index >= 15 is 0 Å². The summed E-state index contributed by atoms with van der Waals surface area (Å²) in [7, 11) is -3.32. The van der Waals surface area contributed by atoms with Crippen molar-refractivity contribution in [1.29, 1.82) is 0 Å². The van der Waals surface area contributed by atoms with Crippen LogP contribution in [0.2, 0.25) is 0 Å². The van der Waals surface area contributed by atoms with E-state index in [2.05, 4.69) is 10.0 Å². The average molecular weight is 347 g/mol. The Morgan fingerprint density at radius 2 is 1.71 bits per heavy atom. The maximum atomic E-state index is 12.5. The van der Waals surface area contributed by atoms with Crippen molar-refractivity contribution in [3.63, 3.8) is 0 Å². The van der Waals surface area contributed by atoms with Crippen molar-refractivity contribution in [2.75, 3.05) is 27.7 Å². The Bertz CT molecular complexity index is 817. The SMILES string of the molecule is CCN(C(=O)Nc1ccc(NS(C)(=O)=O)cc1)c1cccc(C)c1. The van der Waals surface area contributed by atoms with Crippen molar-refractivity contribution in [3.8, 4) is 0 Å². The van der Waals surface area contributed by atoms with Crippen LogP contribution in [-0.4, -0.2) is 27.2 Å². The van der Waals surface area contributed by atoms with E-state index in [1.165, 1.54) is 0 Å². The van der Waals surface area contributed by atoms with E-state index in [4.69, 9.17) is 0 Å². The number of hydrogen-bond acceptors (Lipinski definition) is 3.